The first-order chi connectivity index (χ1) is 16.7. The van der Waals surface area contributed by atoms with E-state index in [-0.39, 0.29) is 17.8 Å². The van der Waals surface area contributed by atoms with Crippen molar-refractivity contribution in [1.29, 1.82) is 0 Å². The maximum atomic E-state index is 13.2. The topological polar surface area (TPSA) is 76.7 Å². The van der Waals surface area contributed by atoms with Crippen LogP contribution in [0.25, 0.3) is 22.3 Å². The van der Waals surface area contributed by atoms with Gasteiger partial charge in [-0.15, -0.1) is 0 Å². The highest BCUT2D eigenvalue weighted by atomic mass is 16.5. The molecule has 1 N–H and O–H groups in total. The molecule has 1 aliphatic heterocycles. The monoisotopic (exact) mass is 479 g/mol. The molecule has 1 aromatic heterocycles. The number of benzene rings is 2. The lowest BCUT2D eigenvalue weighted by molar-refractivity contribution is 0.231. The van der Waals surface area contributed by atoms with Gasteiger partial charge in [-0.05, 0) is 90.7 Å². The number of aromatic nitrogens is 2. The van der Waals surface area contributed by atoms with Crippen molar-refractivity contribution >= 4 is 10.9 Å². The molecule has 3 aromatic rings. The standard InChI is InChI=1S/C28H37N3O4/c1-17(2)34-22-15-23-25(24(16-22)35-18(3)4)28(32)30-27(29-23)21-13-19(5)26(20(6)14-21)33-12-11-31-9-7-8-10-31/h13-18H,7-12H2,1-6H3,(H,29,30,32). The summed E-state index contributed by atoms with van der Waals surface area (Å²) in [6.45, 7) is 15.8. The number of aromatic amines is 1. The van der Waals surface area contributed by atoms with E-state index in [0.717, 1.165) is 42.1 Å². The van der Waals surface area contributed by atoms with Crippen molar-refractivity contribution in [1.82, 2.24) is 14.9 Å². The van der Waals surface area contributed by atoms with Gasteiger partial charge in [-0.25, -0.2) is 4.98 Å². The molecular formula is C28H37N3O4. The van der Waals surface area contributed by atoms with Gasteiger partial charge in [-0.3, -0.25) is 9.69 Å². The molecule has 0 aliphatic carbocycles. The summed E-state index contributed by atoms with van der Waals surface area (Å²) in [6.07, 6.45) is 2.46. The number of rotatable bonds is 9. The SMILES string of the molecule is Cc1cc(-c2nc3cc(OC(C)C)cc(OC(C)C)c3c(=O)[nH]2)cc(C)c1OCCN1CCCC1. The van der Waals surface area contributed by atoms with Crippen molar-refractivity contribution in [3.63, 3.8) is 0 Å². The maximum Gasteiger partial charge on any atom is 0.262 e. The van der Waals surface area contributed by atoms with E-state index in [4.69, 9.17) is 19.2 Å². The Balaban J connectivity index is 1.67. The lowest BCUT2D eigenvalue weighted by Crippen LogP contribution is -2.25. The highest BCUT2D eigenvalue weighted by molar-refractivity contribution is 5.87. The molecule has 4 rings (SSSR count). The molecule has 2 heterocycles. The average Bonchev–Trinajstić information content (AvgIpc) is 3.27. The van der Waals surface area contributed by atoms with E-state index in [1.54, 1.807) is 12.1 Å². The molecule has 188 valence electrons. The molecule has 1 aliphatic rings. The van der Waals surface area contributed by atoms with Crippen LogP contribution in [-0.2, 0) is 0 Å². The predicted molar refractivity (Wildman–Crippen MR) is 140 cm³/mol. The van der Waals surface area contributed by atoms with Crippen molar-refractivity contribution in [3.8, 4) is 28.6 Å². The second-order valence-electron chi connectivity index (χ2n) is 9.90. The molecule has 7 heteroatoms. The number of aryl methyl sites for hydroxylation is 2. The minimum Gasteiger partial charge on any atom is -0.492 e. The molecule has 35 heavy (non-hydrogen) atoms. The van der Waals surface area contributed by atoms with Crippen molar-refractivity contribution in [2.45, 2.75) is 66.6 Å². The van der Waals surface area contributed by atoms with Gasteiger partial charge in [0.2, 0.25) is 0 Å². The van der Waals surface area contributed by atoms with Crippen LogP contribution in [-0.4, -0.2) is 53.3 Å². The summed E-state index contributed by atoms with van der Waals surface area (Å²) in [5, 5.41) is 0.425. The Bertz CT molecular complexity index is 1220. The Hall–Kier alpha value is -3.06. The van der Waals surface area contributed by atoms with E-state index >= 15 is 0 Å². The van der Waals surface area contributed by atoms with E-state index in [1.807, 2.05) is 53.7 Å². The smallest absolute Gasteiger partial charge is 0.262 e. The molecule has 0 unspecified atom stereocenters. The van der Waals surface area contributed by atoms with Gasteiger partial charge in [0.1, 0.15) is 35.1 Å². The molecule has 0 saturated carbocycles. The fraction of sp³-hybridized carbons (Fsp3) is 0.500. The number of nitrogens with zero attached hydrogens (tertiary/aromatic N) is 2. The zero-order valence-electron chi connectivity index (χ0n) is 21.7. The minimum absolute atomic E-state index is 0.0101. The van der Waals surface area contributed by atoms with Gasteiger partial charge in [0.05, 0.1) is 17.7 Å². The Labute approximate surface area is 207 Å². The first-order valence-electron chi connectivity index (χ1n) is 12.6. The fourth-order valence-corrected chi connectivity index (χ4v) is 4.63. The Kier molecular flexibility index (Phi) is 7.65. The number of hydrogen-bond acceptors (Lipinski definition) is 6. The largest absolute Gasteiger partial charge is 0.492 e. The molecule has 0 radical (unpaired) electrons. The third kappa shape index (κ3) is 5.96. The third-order valence-corrected chi connectivity index (χ3v) is 6.07. The molecule has 0 spiro atoms. The van der Waals surface area contributed by atoms with Crippen LogP contribution in [0.4, 0.5) is 0 Å². The Morgan fingerprint density at radius 3 is 2.26 bits per heavy atom. The maximum absolute atomic E-state index is 13.2. The molecule has 1 fully saturated rings. The lowest BCUT2D eigenvalue weighted by atomic mass is 10.0. The third-order valence-electron chi connectivity index (χ3n) is 6.07. The lowest BCUT2D eigenvalue weighted by Gasteiger charge is -2.18. The summed E-state index contributed by atoms with van der Waals surface area (Å²) < 4.78 is 18.0. The van der Waals surface area contributed by atoms with Gasteiger partial charge in [-0.1, -0.05) is 0 Å². The fourth-order valence-electron chi connectivity index (χ4n) is 4.63. The highest BCUT2D eigenvalue weighted by Crippen LogP contribution is 2.32. The number of nitrogens with one attached hydrogen (secondary N) is 1. The molecule has 0 atom stereocenters. The van der Waals surface area contributed by atoms with Gasteiger partial charge >= 0.3 is 0 Å². The Morgan fingerprint density at radius 1 is 0.971 bits per heavy atom. The average molecular weight is 480 g/mol. The van der Waals surface area contributed by atoms with Crippen LogP contribution in [0, 0.1) is 13.8 Å². The normalized spacial score (nSPS) is 14.3. The number of fused-ring (bicyclic) bond motifs is 1. The van der Waals surface area contributed by atoms with Crippen LogP contribution in [0.5, 0.6) is 17.2 Å². The molecular weight excluding hydrogens is 442 g/mol. The van der Waals surface area contributed by atoms with Gasteiger partial charge < -0.3 is 19.2 Å². The second kappa shape index (κ2) is 10.7. The number of likely N-dealkylation sites (tertiary alicyclic amines) is 1. The summed E-state index contributed by atoms with van der Waals surface area (Å²) in [6, 6.07) is 7.60. The molecule has 2 aromatic carbocycles. The zero-order valence-corrected chi connectivity index (χ0v) is 21.7. The van der Waals surface area contributed by atoms with Crippen molar-refractivity contribution in [2.24, 2.45) is 0 Å². The second-order valence-corrected chi connectivity index (χ2v) is 9.90. The van der Waals surface area contributed by atoms with Gasteiger partial charge in [0.15, 0.2) is 0 Å². The first-order valence-corrected chi connectivity index (χ1v) is 12.6. The van der Waals surface area contributed by atoms with Crippen LogP contribution in [0.2, 0.25) is 0 Å². The summed E-state index contributed by atoms with van der Waals surface area (Å²) in [7, 11) is 0. The van der Waals surface area contributed by atoms with Crippen LogP contribution >= 0.6 is 0 Å². The Morgan fingerprint density at radius 2 is 1.63 bits per heavy atom. The van der Waals surface area contributed by atoms with Crippen molar-refractivity contribution in [3.05, 3.63) is 45.7 Å². The zero-order chi connectivity index (χ0) is 25.1. The van der Waals surface area contributed by atoms with Crippen LogP contribution in [0.1, 0.15) is 51.7 Å². The summed E-state index contributed by atoms with van der Waals surface area (Å²) in [4.78, 5) is 23.4. The van der Waals surface area contributed by atoms with E-state index < -0.39 is 0 Å². The number of H-pyrrole nitrogens is 1. The van der Waals surface area contributed by atoms with Crippen LogP contribution < -0.4 is 19.8 Å². The van der Waals surface area contributed by atoms with Gasteiger partial charge in [0, 0.05) is 24.2 Å². The van der Waals surface area contributed by atoms with Crippen molar-refractivity contribution < 1.29 is 14.2 Å². The molecule has 1 saturated heterocycles. The van der Waals surface area contributed by atoms with Gasteiger partial charge in [-0.2, -0.15) is 0 Å². The van der Waals surface area contributed by atoms with E-state index in [1.165, 1.54) is 12.8 Å². The summed E-state index contributed by atoms with van der Waals surface area (Å²) in [5.74, 6) is 2.51. The minimum atomic E-state index is -0.238. The highest BCUT2D eigenvalue weighted by Gasteiger charge is 2.17. The van der Waals surface area contributed by atoms with E-state index in [0.29, 0.717) is 34.8 Å². The molecule has 0 amide bonds. The van der Waals surface area contributed by atoms with Crippen LogP contribution in [0.3, 0.4) is 0 Å². The number of ether oxygens (including phenoxy) is 3. The van der Waals surface area contributed by atoms with Crippen LogP contribution in [0.15, 0.2) is 29.1 Å². The predicted octanol–water partition coefficient (Wildman–Crippen LogP) is 5.26. The molecule has 7 nitrogen and oxygen atoms in total. The quantitative estimate of drug-likeness (QED) is 0.451. The van der Waals surface area contributed by atoms with Crippen molar-refractivity contribution in [2.75, 3.05) is 26.2 Å². The van der Waals surface area contributed by atoms with Gasteiger partial charge in [0.25, 0.3) is 5.56 Å². The van der Waals surface area contributed by atoms with E-state index in [2.05, 4.69) is 9.88 Å². The first kappa shape index (κ1) is 25.0. The molecule has 0 bridgehead atoms. The number of hydrogen-bond donors (Lipinski definition) is 1. The summed E-state index contributed by atoms with van der Waals surface area (Å²) >= 11 is 0. The van der Waals surface area contributed by atoms with E-state index in [9.17, 15) is 4.79 Å². The summed E-state index contributed by atoms with van der Waals surface area (Å²) in [5.41, 5.74) is 3.18.